The lowest BCUT2D eigenvalue weighted by Crippen LogP contribution is -2.46. The second kappa shape index (κ2) is 6.63. The van der Waals surface area contributed by atoms with Gasteiger partial charge < -0.3 is 10.2 Å². The minimum Gasteiger partial charge on any atom is -0.351 e. The van der Waals surface area contributed by atoms with Gasteiger partial charge in [-0.3, -0.25) is 25.0 Å². The van der Waals surface area contributed by atoms with E-state index in [1.165, 1.54) is 30.3 Å². The zero-order chi connectivity index (χ0) is 18.8. The number of non-ortho nitro benzene ring substituents is 1. The van der Waals surface area contributed by atoms with Gasteiger partial charge in [-0.25, -0.2) is 0 Å². The van der Waals surface area contributed by atoms with Gasteiger partial charge in [0.25, 0.3) is 17.3 Å². The minimum atomic E-state index is -0.607. The second-order valence-electron chi connectivity index (χ2n) is 5.66. The smallest absolute Gasteiger partial charge is 0.282 e. The maximum Gasteiger partial charge on any atom is 0.282 e. The molecule has 0 fully saturated rings. The molecule has 0 radical (unpaired) electrons. The average Bonchev–Trinajstić information content (AvgIpc) is 2.63. The molecular weight excluding hydrogens is 340 g/mol. The molecule has 1 amide bonds. The molecule has 1 aliphatic heterocycles. The summed E-state index contributed by atoms with van der Waals surface area (Å²) in [6.45, 7) is 0. The Labute approximate surface area is 147 Å². The Morgan fingerprint density at radius 2 is 1.85 bits per heavy atom. The number of nitro benzene ring substituents is 2. The van der Waals surface area contributed by atoms with Crippen molar-refractivity contribution in [2.75, 3.05) is 11.9 Å². The summed E-state index contributed by atoms with van der Waals surface area (Å²) in [5.74, 6) is -0.579. The highest BCUT2D eigenvalue weighted by molar-refractivity contribution is 5.98. The Morgan fingerprint density at radius 3 is 2.54 bits per heavy atom. The van der Waals surface area contributed by atoms with Crippen LogP contribution in [0.3, 0.4) is 0 Å². The Kier molecular flexibility index (Phi) is 4.36. The van der Waals surface area contributed by atoms with Gasteiger partial charge in [0.05, 0.1) is 9.85 Å². The van der Waals surface area contributed by atoms with Crippen LogP contribution in [0.5, 0.6) is 0 Å². The number of nitro groups is 2. The molecule has 0 aliphatic carbocycles. The Hall–Kier alpha value is -3.75. The van der Waals surface area contributed by atoms with Crippen molar-refractivity contribution in [2.45, 2.75) is 6.17 Å². The number of amides is 1. The number of fused-ring (bicyclic) bond motifs is 1. The summed E-state index contributed by atoms with van der Waals surface area (Å²) in [5, 5.41) is 24.7. The molecule has 9 heteroatoms. The van der Waals surface area contributed by atoms with Crippen molar-refractivity contribution in [2.24, 2.45) is 0 Å². The first-order valence-electron chi connectivity index (χ1n) is 7.62. The van der Waals surface area contributed by atoms with Crippen LogP contribution in [0.15, 0.2) is 48.5 Å². The molecule has 0 bridgehead atoms. The van der Waals surface area contributed by atoms with Gasteiger partial charge in [-0.05, 0) is 18.2 Å². The fraction of sp³-hybridized carbons (Fsp3) is 0.118. The minimum absolute atomic E-state index is 0.0239. The molecule has 2 aromatic rings. The van der Waals surface area contributed by atoms with E-state index in [9.17, 15) is 25.0 Å². The quantitative estimate of drug-likeness (QED) is 0.666. The van der Waals surface area contributed by atoms with Crippen LogP contribution in [-0.4, -0.2) is 29.0 Å². The topological polar surface area (TPSA) is 119 Å². The van der Waals surface area contributed by atoms with E-state index >= 15 is 0 Å². The van der Waals surface area contributed by atoms with Crippen LogP contribution in [0.1, 0.15) is 15.9 Å². The van der Waals surface area contributed by atoms with Crippen LogP contribution in [0.4, 0.5) is 17.1 Å². The number of hydrogen-bond donors (Lipinski definition) is 1. The maximum atomic E-state index is 12.5. The lowest BCUT2D eigenvalue weighted by atomic mass is 10.1. The molecule has 0 saturated heterocycles. The fourth-order valence-corrected chi connectivity index (χ4v) is 2.77. The molecule has 9 nitrogen and oxygen atoms in total. The molecule has 0 saturated carbocycles. The molecule has 1 N–H and O–H groups in total. The van der Waals surface area contributed by atoms with E-state index in [-0.39, 0.29) is 16.9 Å². The monoisotopic (exact) mass is 354 g/mol. The molecule has 1 heterocycles. The third-order valence-electron chi connectivity index (χ3n) is 4.10. The maximum absolute atomic E-state index is 12.5. The third-order valence-corrected chi connectivity index (χ3v) is 4.10. The number of carbonyl (C=O) groups is 1. The second-order valence-corrected chi connectivity index (χ2v) is 5.66. The standard InChI is InChI=1S/C17H14N4O5/c1-19-14-8-7-12(20(23)24)10-11(14)6-9-16(19)18-17(22)13-4-2-3-5-15(13)21(25)26/h2-10,16H,1H3,(H,18,22). The van der Waals surface area contributed by atoms with Crippen molar-refractivity contribution >= 4 is 29.0 Å². The fourth-order valence-electron chi connectivity index (χ4n) is 2.77. The number of nitrogens with zero attached hydrogens (tertiary/aromatic N) is 3. The highest BCUT2D eigenvalue weighted by Crippen LogP contribution is 2.30. The number of benzene rings is 2. The van der Waals surface area contributed by atoms with Crippen molar-refractivity contribution in [3.8, 4) is 0 Å². The first-order chi connectivity index (χ1) is 12.4. The third kappa shape index (κ3) is 3.09. The van der Waals surface area contributed by atoms with Crippen molar-refractivity contribution in [3.05, 3.63) is 79.9 Å². The van der Waals surface area contributed by atoms with E-state index in [0.717, 1.165) is 0 Å². The van der Waals surface area contributed by atoms with Crippen LogP contribution >= 0.6 is 0 Å². The van der Waals surface area contributed by atoms with Gasteiger partial charge in [-0.2, -0.15) is 0 Å². The number of likely N-dealkylation sites (N-methyl/N-ethyl adjacent to an activating group) is 1. The number of rotatable bonds is 4. The predicted molar refractivity (Wildman–Crippen MR) is 94.9 cm³/mol. The first kappa shape index (κ1) is 17.1. The van der Waals surface area contributed by atoms with Crippen molar-refractivity contribution < 1.29 is 14.6 Å². The lowest BCUT2D eigenvalue weighted by Gasteiger charge is -2.32. The van der Waals surface area contributed by atoms with Crippen molar-refractivity contribution in [1.82, 2.24) is 5.32 Å². The molecule has 1 atom stereocenters. The Morgan fingerprint density at radius 1 is 1.12 bits per heavy atom. The van der Waals surface area contributed by atoms with E-state index < -0.39 is 21.9 Å². The zero-order valence-corrected chi connectivity index (χ0v) is 13.7. The molecule has 1 aliphatic rings. The number of anilines is 1. The normalized spacial score (nSPS) is 15.3. The van der Waals surface area contributed by atoms with E-state index in [0.29, 0.717) is 11.3 Å². The number of nitrogens with one attached hydrogen (secondary N) is 1. The largest absolute Gasteiger partial charge is 0.351 e. The molecule has 26 heavy (non-hydrogen) atoms. The molecule has 0 aromatic heterocycles. The van der Waals surface area contributed by atoms with E-state index in [4.69, 9.17) is 0 Å². The van der Waals surface area contributed by atoms with Gasteiger partial charge in [0.1, 0.15) is 11.7 Å². The summed E-state index contributed by atoms with van der Waals surface area (Å²) in [5.41, 5.74) is 1.02. The van der Waals surface area contributed by atoms with Crippen LogP contribution in [0.25, 0.3) is 6.08 Å². The van der Waals surface area contributed by atoms with Crippen molar-refractivity contribution in [1.29, 1.82) is 0 Å². The van der Waals surface area contributed by atoms with E-state index in [1.807, 2.05) is 0 Å². The first-order valence-corrected chi connectivity index (χ1v) is 7.62. The Bertz CT molecular complexity index is 941. The number of hydrogen-bond acceptors (Lipinski definition) is 6. The zero-order valence-electron chi connectivity index (χ0n) is 13.7. The average molecular weight is 354 g/mol. The van der Waals surface area contributed by atoms with Gasteiger partial charge in [0.15, 0.2) is 0 Å². The number of para-hydroxylation sites is 1. The van der Waals surface area contributed by atoms with Crippen LogP contribution in [0, 0.1) is 20.2 Å². The molecule has 3 rings (SSSR count). The summed E-state index contributed by atoms with van der Waals surface area (Å²) < 4.78 is 0. The lowest BCUT2D eigenvalue weighted by molar-refractivity contribution is -0.385. The van der Waals surface area contributed by atoms with Gasteiger partial charge in [-0.1, -0.05) is 18.2 Å². The summed E-state index contributed by atoms with van der Waals surface area (Å²) in [4.78, 5) is 35.1. The van der Waals surface area contributed by atoms with Crippen LogP contribution < -0.4 is 10.2 Å². The molecule has 1 unspecified atom stereocenters. The Balaban J connectivity index is 1.84. The van der Waals surface area contributed by atoms with Gasteiger partial charge >= 0.3 is 0 Å². The summed E-state index contributed by atoms with van der Waals surface area (Å²) >= 11 is 0. The van der Waals surface area contributed by atoms with Gasteiger partial charge in [0, 0.05) is 36.5 Å². The van der Waals surface area contributed by atoms with Crippen molar-refractivity contribution in [3.63, 3.8) is 0 Å². The highest BCUT2D eigenvalue weighted by atomic mass is 16.6. The predicted octanol–water partition coefficient (Wildman–Crippen LogP) is 2.72. The summed E-state index contributed by atoms with van der Waals surface area (Å²) in [6.07, 6.45) is 2.79. The van der Waals surface area contributed by atoms with E-state index in [2.05, 4.69) is 5.32 Å². The summed E-state index contributed by atoms with van der Waals surface area (Å²) in [6, 6.07) is 10.1. The summed E-state index contributed by atoms with van der Waals surface area (Å²) in [7, 11) is 1.72. The van der Waals surface area contributed by atoms with Gasteiger partial charge in [-0.15, -0.1) is 0 Å². The highest BCUT2D eigenvalue weighted by Gasteiger charge is 2.25. The SMILES string of the molecule is CN1c2ccc([N+](=O)[O-])cc2C=CC1NC(=O)c1ccccc1[N+](=O)[O-]. The molecule has 132 valence electrons. The van der Waals surface area contributed by atoms with Gasteiger partial charge in [0.2, 0.25) is 0 Å². The number of carbonyl (C=O) groups excluding carboxylic acids is 1. The van der Waals surface area contributed by atoms with E-state index in [1.54, 1.807) is 36.2 Å². The molecule has 0 spiro atoms. The molecular formula is C17H14N4O5. The van der Waals surface area contributed by atoms with Crippen LogP contribution in [-0.2, 0) is 0 Å². The van der Waals surface area contributed by atoms with Crippen LogP contribution in [0.2, 0.25) is 0 Å². The molecule has 2 aromatic carbocycles.